The first-order valence-electron chi connectivity index (χ1n) is 6.34. The normalized spacial score (nSPS) is 14.0. The molecule has 1 aromatic heterocycles. The molecule has 3 nitrogen and oxygen atoms in total. The van der Waals surface area contributed by atoms with E-state index in [4.69, 9.17) is 28.9 Å². The lowest BCUT2D eigenvalue weighted by Gasteiger charge is -2.22. The largest absolute Gasteiger partial charge is 0.342 e. The van der Waals surface area contributed by atoms with Crippen LogP contribution in [0.25, 0.3) is 11.0 Å². The van der Waals surface area contributed by atoms with Crippen LogP contribution in [0, 0.1) is 5.41 Å². The number of aromatic nitrogens is 2. The minimum absolute atomic E-state index is 0.0894. The van der Waals surface area contributed by atoms with Gasteiger partial charge in [-0.2, -0.15) is 0 Å². The predicted molar refractivity (Wildman–Crippen MR) is 81.9 cm³/mol. The van der Waals surface area contributed by atoms with Crippen LogP contribution < -0.4 is 5.73 Å². The quantitative estimate of drug-likeness (QED) is 0.893. The first kappa shape index (κ1) is 14.6. The van der Waals surface area contributed by atoms with Gasteiger partial charge in [-0.3, -0.25) is 0 Å². The van der Waals surface area contributed by atoms with Crippen molar-refractivity contribution in [1.82, 2.24) is 9.97 Å². The van der Waals surface area contributed by atoms with E-state index in [1.807, 2.05) is 0 Å². The number of halogens is 2. The average Bonchev–Trinajstić information content (AvgIpc) is 2.56. The molecule has 0 aliphatic rings. The molecule has 1 atom stereocenters. The molecule has 0 saturated carbocycles. The summed E-state index contributed by atoms with van der Waals surface area (Å²) < 4.78 is 0. The van der Waals surface area contributed by atoms with Crippen molar-refractivity contribution in [2.24, 2.45) is 11.1 Å². The molecule has 2 aromatic rings. The lowest BCUT2D eigenvalue weighted by atomic mass is 9.87. The molecule has 104 valence electrons. The molecule has 0 aliphatic heterocycles. The Morgan fingerprint density at radius 3 is 2.53 bits per heavy atom. The molecule has 0 fully saturated rings. The van der Waals surface area contributed by atoms with E-state index in [0.717, 1.165) is 29.7 Å². The highest BCUT2D eigenvalue weighted by Crippen LogP contribution is 2.27. The third kappa shape index (κ3) is 3.85. The zero-order valence-electron chi connectivity index (χ0n) is 11.4. The molecule has 0 spiro atoms. The summed E-state index contributed by atoms with van der Waals surface area (Å²) in [5.74, 6) is 0.880. The lowest BCUT2D eigenvalue weighted by molar-refractivity contribution is 0.337. The number of nitrogens with two attached hydrogens (primary N) is 1. The summed E-state index contributed by atoms with van der Waals surface area (Å²) in [5.41, 5.74) is 8.10. The third-order valence-electron chi connectivity index (χ3n) is 2.90. The highest BCUT2D eigenvalue weighted by molar-refractivity contribution is 6.42. The van der Waals surface area contributed by atoms with Gasteiger partial charge in [-0.05, 0) is 24.0 Å². The van der Waals surface area contributed by atoms with Gasteiger partial charge in [0.25, 0.3) is 0 Å². The molecule has 0 bridgehead atoms. The number of imidazole rings is 1. The van der Waals surface area contributed by atoms with E-state index < -0.39 is 0 Å². The number of benzene rings is 1. The van der Waals surface area contributed by atoms with Crippen molar-refractivity contribution in [2.45, 2.75) is 39.7 Å². The highest BCUT2D eigenvalue weighted by Gasteiger charge is 2.17. The van der Waals surface area contributed by atoms with E-state index >= 15 is 0 Å². The van der Waals surface area contributed by atoms with E-state index in [1.54, 1.807) is 12.1 Å². The van der Waals surface area contributed by atoms with Gasteiger partial charge in [0.15, 0.2) is 0 Å². The van der Waals surface area contributed by atoms with Crippen LogP contribution in [-0.2, 0) is 6.42 Å². The van der Waals surface area contributed by atoms with Gasteiger partial charge in [0.1, 0.15) is 5.82 Å². The van der Waals surface area contributed by atoms with Crippen molar-refractivity contribution in [3.63, 3.8) is 0 Å². The molecule has 2 rings (SSSR count). The van der Waals surface area contributed by atoms with Crippen molar-refractivity contribution in [2.75, 3.05) is 0 Å². The maximum atomic E-state index is 6.16. The van der Waals surface area contributed by atoms with Crippen molar-refractivity contribution in [1.29, 1.82) is 0 Å². The van der Waals surface area contributed by atoms with Crippen LogP contribution in [0.1, 0.15) is 33.0 Å². The maximum absolute atomic E-state index is 6.16. The second-order valence-electron chi connectivity index (χ2n) is 6.20. The number of rotatable bonds is 3. The molecular weight excluding hydrogens is 281 g/mol. The van der Waals surface area contributed by atoms with Gasteiger partial charge < -0.3 is 10.7 Å². The summed E-state index contributed by atoms with van der Waals surface area (Å²) in [6.45, 7) is 6.56. The molecule has 0 aliphatic carbocycles. The average molecular weight is 300 g/mol. The van der Waals surface area contributed by atoms with E-state index in [1.165, 1.54) is 0 Å². The summed E-state index contributed by atoms with van der Waals surface area (Å²) in [6.07, 6.45) is 1.67. The van der Waals surface area contributed by atoms with Crippen molar-refractivity contribution < 1.29 is 0 Å². The minimum Gasteiger partial charge on any atom is -0.342 e. The Balaban J connectivity index is 2.18. The Kier molecular flexibility index (Phi) is 4.09. The summed E-state index contributed by atoms with van der Waals surface area (Å²) >= 11 is 12.0. The van der Waals surface area contributed by atoms with Gasteiger partial charge in [0.2, 0.25) is 0 Å². The zero-order valence-corrected chi connectivity index (χ0v) is 12.9. The number of aromatic amines is 1. The fraction of sp³-hybridized carbons (Fsp3) is 0.500. The molecule has 0 radical (unpaired) electrons. The van der Waals surface area contributed by atoms with Crippen LogP contribution in [0.15, 0.2) is 12.1 Å². The first-order chi connectivity index (χ1) is 8.74. The molecule has 19 heavy (non-hydrogen) atoms. The van der Waals surface area contributed by atoms with Crippen LogP contribution in [0.2, 0.25) is 10.0 Å². The molecule has 1 aromatic carbocycles. The molecule has 0 saturated heterocycles. The number of hydrogen-bond acceptors (Lipinski definition) is 2. The summed E-state index contributed by atoms with van der Waals surface area (Å²) in [4.78, 5) is 7.75. The van der Waals surface area contributed by atoms with Crippen LogP contribution in [0.3, 0.4) is 0 Å². The van der Waals surface area contributed by atoms with Gasteiger partial charge in [0.05, 0.1) is 21.1 Å². The fourth-order valence-electron chi connectivity index (χ4n) is 2.26. The topological polar surface area (TPSA) is 54.7 Å². The molecule has 3 N–H and O–H groups in total. The predicted octanol–water partition coefficient (Wildman–Crippen LogP) is 4.18. The SMILES string of the molecule is CC(C)(C)CC(N)Cc1nc2cc(Cl)c(Cl)cc2[nH]1. The lowest BCUT2D eigenvalue weighted by Crippen LogP contribution is -2.28. The number of nitrogens with zero attached hydrogens (tertiary/aromatic N) is 1. The van der Waals surface area contributed by atoms with E-state index in [2.05, 4.69) is 30.7 Å². The Morgan fingerprint density at radius 2 is 1.89 bits per heavy atom. The van der Waals surface area contributed by atoms with Gasteiger partial charge in [-0.25, -0.2) is 4.98 Å². The standard InChI is InChI=1S/C14H19Cl2N3/c1-14(2,3)7-8(17)4-13-18-11-5-9(15)10(16)6-12(11)19-13/h5-6,8H,4,7,17H2,1-3H3,(H,18,19). The minimum atomic E-state index is 0.0894. The summed E-state index contributed by atoms with van der Waals surface area (Å²) in [5, 5.41) is 1.05. The van der Waals surface area contributed by atoms with Crippen LogP contribution in [0.5, 0.6) is 0 Å². The second-order valence-corrected chi connectivity index (χ2v) is 7.01. The van der Waals surface area contributed by atoms with Crippen molar-refractivity contribution in [3.8, 4) is 0 Å². The number of hydrogen-bond donors (Lipinski definition) is 2. The third-order valence-corrected chi connectivity index (χ3v) is 3.63. The Hall–Kier alpha value is -0.770. The van der Waals surface area contributed by atoms with Crippen LogP contribution >= 0.6 is 23.2 Å². The first-order valence-corrected chi connectivity index (χ1v) is 7.09. The van der Waals surface area contributed by atoms with Gasteiger partial charge in [-0.1, -0.05) is 44.0 Å². The van der Waals surface area contributed by atoms with Crippen LogP contribution in [0.4, 0.5) is 0 Å². The summed E-state index contributed by atoms with van der Waals surface area (Å²) in [6, 6.07) is 3.66. The molecule has 0 amide bonds. The maximum Gasteiger partial charge on any atom is 0.108 e. The Morgan fingerprint density at radius 1 is 1.26 bits per heavy atom. The second kappa shape index (κ2) is 5.31. The summed E-state index contributed by atoms with van der Waals surface area (Å²) in [7, 11) is 0. The fourth-order valence-corrected chi connectivity index (χ4v) is 2.58. The van der Waals surface area contributed by atoms with Crippen molar-refractivity contribution in [3.05, 3.63) is 28.0 Å². The van der Waals surface area contributed by atoms with E-state index in [9.17, 15) is 0 Å². The molecule has 5 heteroatoms. The van der Waals surface area contributed by atoms with Gasteiger partial charge in [-0.15, -0.1) is 0 Å². The number of fused-ring (bicyclic) bond motifs is 1. The monoisotopic (exact) mass is 299 g/mol. The molecule has 1 heterocycles. The Labute approximate surface area is 123 Å². The Bertz CT molecular complexity index is 545. The smallest absolute Gasteiger partial charge is 0.108 e. The van der Waals surface area contributed by atoms with E-state index in [-0.39, 0.29) is 11.5 Å². The highest BCUT2D eigenvalue weighted by atomic mass is 35.5. The molecular formula is C14H19Cl2N3. The van der Waals surface area contributed by atoms with Crippen molar-refractivity contribution >= 4 is 34.2 Å². The number of H-pyrrole nitrogens is 1. The van der Waals surface area contributed by atoms with Gasteiger partial charge >= 0.3 is 0 Å². The van der Waals surface area contributed by atoms with E-state index in [0.29, 0.717) is 10.0 Å². The zero-order chi connectivity index (χ0) is 14.2. The number of nitrogens with one attached hydrogen (secondary N) is 1. The molecule has 1 unspecified atom stereocenters. The van der Waals surface area contributed by atoms with Gasteiger partial charge in [0, 0.05) is 12.5 Å². The van der Waals surface area contributed by atoms with Crippen LogP contribution in [-0.4, -0.2) is 16.0 Å².